The number of hydrogen-bond acceptors (Lipinski definition) is 4. The minimum atomic E-state index is 0.900. The first-order chi connectivity index (χ1) is 30.2. The molecular weight excluding hydrogens is 761 g/mol. The highest BCUT2D eigenvalue weighted by atomic mass is 32.1. The normalized spacial score (nSPS) is 11.9. The number of fused-ring (bicyclic) bond motifs is 13. The fourth-order valence-corrected chi connectivity index (χ4v) is 10.7. The number of thiazole rings is 1. The van der Waals surface area contributed by atoms with Crippen molar-refractivity contribution < 1.29 is 4.42 Å². The first-order valence-electron chi connectivity index (χ1n) is 20.7. The van der Waals surface area contributed by atoms with E-state index in [2.05, 4.69) is 205 Å². The molecule has 3 nitrogen and oxygen atoms in total. The van der Waals surface area contributed by atoms with Crippen LogP contribution in [0, 0.1) is 0 Å². The van der Waals surface area contributed by atoms with Crippen molar-refractivity contribution in [3.05, 3.63) is 206 Å². The minimum Gasteiger partial charge on any atom is -0.455 e. The summed E-state index contributed by atoms with van der Waals surface area (Å²) in [5.41, 5.74) is 9.60. The zero-order chi connectivity index (χ0) is 40.0. The summed E-state index contributed by atoms with van der Waals surface area (Å²) in [6.45, 7) is 0. The van der Waals surface area contributed by atoms with E-state index in [0.717, 1.165) is 65.9 Å². The van der Waals surface area contributed by atoms with Crippen LogP contribution in [0.4, 0.5) is 17.1 Å². The molecule has 284 valence electrons. The Morgan fingerprint density at radius 3 is 1.92 bits per heavy atom. The highest BCUT2D eigenvalue weighted by Gasteiger charge is 2.19. The Morgan fingerprint density at radius 1 is 0.393 bits per heavy atom. The molecule has 0 saturated heterocycles. The van der Waals surface area contributed by atoms with Gasteiger partial charge in [0.1, 0.15) is 16.2 Å². The predicted molar refractivity (Wildman–Crippen MR) is 260 cm³/mol. The Labute approximate surface area is 355 Å². The number of anilines is 3. The summed E-state index contributed by atoms with van der Waals surface area (Å²) in [5, 5.41) is 15.4. The van der Waals surface area contributed by atoms with Gasteiger partial charge in [-0.1, -0.05) is 146 Å². The number of rotatable bonds is 5. The van der Waals surface area contributed by atoms with E-state index in [9.17, 15) is 0 Å². The number of para-hydroxylation sites is 1. The van der Waals surface area contributed by atoms with Gasteiger partial charge in [-0.25, -0.2) is 4.98 Å². The van der Waals surface area contributed by atoms with E-state index >= 15 is 0 Å². The second kappa shape index (κ2) is 13.4. The van der Waals surface area contributed by atoms with Crippen molar-refractivity contribution in [2.75, 3.05) is 4.90 Å². The Bertz CT molecular complexity index is 3880. The van der Waals surface area contributed by atoms with Crippen molar-refractivity contribution in [2.24, 2.45) is 0 Å². The maximum absolute atomic E-state index is 6.58. The van der Waals surface area contributed by atoms with Gasteiger partial charge in [0.05, 0.1) is 10.2 Å². The lowest BCUT2D eigenvalue weighted by Crippen LogP contribution is -2.10. The summed E-state index contributed by atoms with van der Waals surface area (Å²) in [7, 11) is 0. The van der Waals surface area contributed by atoms with Crippen LogP contribution in [0.15, 0.2) is 211 Å². The first kappa shape index (κ1) is 34.1. The topological polar surface area (TPSA) is 29.3 Å². The molecule has 2 heterocycles. The van der Waals surface area contributed by atoms with Crippen LogP contribution >= 0.6 is 11.3 Å². The Balaban J connectivity index is 1.00. The average molecular weight is 795 g/mol. The van der Waals surface area contributed by atoms with Gasteiger partial charge in [-0.2, -0.15) is 0 Å². The third-order valence-corrected chi connectivity index (χ3v) is 13.6. The van der Waals surface area contributed by atoms with Crippen molar-refractivity contribution in [1.82, 2.24) is 4.98 Å². The maximum Gasteiger partial charge on any atom is 0.143 e. The molecule has 0 unspecified atom stereocenters. The molecule has 0 radical (unpaired) electrons. The Kier molecular flexibility index (Phi) is 7.47. The maximum atomic E-state index is 6.58. The summed E-state index contributed by atoms with van der Waals surface area (Å²) in [6.07, 6.45) is 0. The quantitative estimate of drug-likeness (QED) is 0.163. The van der Waals surface area contributed by atoms with Crippen LogP contribution in [0.1, 0.15) is 0 Å². The van der Waals surface area contributed by atoms with Crippen LogP contribution in [-0.4, -0.2) is 4.98 Å². The fraction of sp³-hybridized carbons (Fsp3) is 0. The minimum absolute atomic E-state index is 0.900. The summed E-state index contributed by atoms with van der Waals surface area (Å²) >= 11 is 1.77. The molecule has 2 aromatic heterocycles. The molecule has 0 spiro atoms. The van der Waals surface area contributed by atoms with Gasteiger partial charge in [-0.05, 0) is 115 Å². The zero-order valence-electron chi connectivity index (χ0n) is 32.8. The van der Waals surface area contributed by atoms with Gasteiger partial charge in [-0.15, -0.1) is 11.3 Å². The lowest BCUT2D eigenvalue weighted by molar-refractivity contribution is 0.672. The molecule has 0 saturated carbocycles. The number of aromatic nitrogens is 1. The molecule has 0 aliphatic rings. The molecule has 0 bridgehead atoms. The molecular formula is C57H34N2OS. The van der Waals surface area contributed by atoms with E-state index in [1.807, 2.05) is 6.07 Å². The SMILES string of the molecule is c1ccc(-c2nc3ccc4ccc5cc(N(c6ccc(-c7cc8ccccc8c8ccccc78)cc6)c6ccc7ccc8c9ccccc9oc8c7c6)ccc5c4c3s2)cc1. The number of nitrogens with zero attached hydrogens (tertiary/aromatic N) is 2. The predicted octanol–water partition coefficient (Wildman–Crippen LogP) is 16.8. The average Bonchev–Trinajstić information content (AvgIpc) is 3.94. The molecule has 0 fully saturated rings. The summed E-state index contributed by atoms with van der Waals surface area (Å²) in [4.78, 5) is 7.47. The lowest BCUT2D eigenvalue weighted by atomic mass is 9.93. The molecule has 61 heavy (non-hydrogen) atoms. The van der Waals surface area contributed by atoms with Crippen LogP contribution in [0.25, 0.3) is 108 Å². The van der Waals surface area contributed by atoms with Crippen LogP contribution in [0.5, 0.6) is 0 Å². The molecule has 13 aromatic rings. The van der Waals surface area contributed by atoms with Crippen molar-refractivity contribution in [3.8, 4) is 21.7 Å². The van der Waals surface area contributed by atoms with Crippen LogP contribution in [0.2, 0.25) is 0 Å². The van der Waals surface area contributed by atoms with Crippen molar-refractivity contribution in [2.45, 2.75) is 0 Å². The highest BCUT2D eigenvalue weighted by Crippen LogP contribution is 2.44. The third kappa shape index (κ3) is 5.39. The van der Waals surface area contributed by atoms with Crippen LogP contribution in [0.3, 0.4) is 0 Å². The number of furan rings is 1. The van der Waals surface area contributed by atoms with E-state index in [0.29, 0.717) is 0 Å². The van der Waals surface area contributed by atoms with Gasteiger partial charge in [0.15, 0.2) is 0 Å². The lowest BCUT2D eigenvalue weighted by Gasteiger charge is -2.26. The number of hydrogen-bond donors (Lipinski definition) is 0. The van der Waals surface area contributed by atoms with E-state index in [4.69, 9.17) is 9.40 Å². The molecule has 13 rings (SSSR count). The molecule has 11 aromatic carbocycles. The standard InChI is InChI=1S/C57H34N2OS/c1-2-10-38(11-3-1)57-58-52-31-24-37-18-19-40-32-42(28-30-45(40)54(37)56(52)61-57)59(43-27-22-36-23-29-49-48-16-8-9-17-53(48)60-55(49)51(36)34-43)41-25-20-35(21-26-41)50-33-39-12-4-5-13-44(39)46-14-6-7-15-47(46)50/h1-34H. The van der Waals surface area contributed by atoms with E-state index in [-0.39, 0.29) is 0 Å². The monoisotopic (exact) mass is 794 g/mol. The fourth-order valence-electron chi connectivity index (χ4n) is 9.52. The molecule has 0 aliphatic carbocycles. The largest absolute Gasteiger partial charge is 0.455 e. The summed E-state index contributed by atoms with van der Waals surface area (Å²) in [5.74, 6) is 0. The zero-order valence-corrected chi connectivity index (χ0v) is 33.7. The Morgan fingerprint density at radius 2 is 1.03 bits per heavy atom. The summed E-state index contributed by atoms with van der Waals surface area (Å²) in [6, 6.07) is 74.6. The van der Waals surface area contributed by atoms with Crippen molar-refractivity contribution in [3.63, 3.8) is 0 Å². The molecule has 0 aliphatic heterocycles. The van der Waals surface area contributed by atoms with Gasteiger partial charge >= 0.3 is 0 Å². The third-order valence-electron chi connectivity index (χ3n) is 12.4. The van der Waals surface area contributed by atoms with Gasteiger partial charge in [0, 0.05) is 44.2 Å². The first-order valence-corrected chi connectivity index (χ1v) is 21.5. The molecule has 0 N–H and O–H groups in total. The van der Waals surface area contributed by atoms with Gasteiger partial charge < -0.3 is 9.32 Å². The highest BCUT2D eigenvalue weighted by molar-refractivity contribution is 7.22. The van der Waals surface area contributed by atoms with Gasteiger partial charge in [-0.3, -0.25) is 0 Å². The van der Waals surface area contributed by atoms with E-state index in [1.165, 1.54) is 58.9 Å². The van der Waals surface area contributed by atoms with E-state index < -0.39 is 0 Å². The van der Waals surface area contributed by atoms with Crippen LogP contribution < -0.4 is 4.90 Å². The van der Waals surface area contributed by atoms with E-state index in [1.54, 1.807) is 11.3 Å². The molecule has 4 heteroatoms. The molecule has 0 atom stereocenters. The van der Waals surface area contributed by atoms with Crippen molar-refractivity contribution in [1.29, 1.82) is 0 Å². The van der Waals surface area contributed by atoms with Gasteiger partial charge in [0.2, 0.25) is 0 Å². The molecule has 0 amide bonds. The van der Waals surface area contributed by atoms with Crippen molar-refractivity contribution >= 4 is 114 Å². The number of benzene rings is 11. The smallest absolute Gasteiger partial charge is 0.143 e. The van der Waals surface area contributed by atoms with Crippen LogP contribution in [-0.2, 0) is 0 Å². The van der Waals surface area contributed by atoms with Gasteiger partial charge in [0.25, 0.3) is 0 Å². The Hall–Kier alpha value is -7.79. The second-order valence-electron chi connectivity index (χ2n) is 15.9. The second-order valence-corrected chi connectivity index (χ2v) is 16.9. The summed E-state index contributed by atoms with van der Waals surface area (Å²) < 4.78 is 7.80.